The van der Waals surface area contributed by atoms with Crippen molar-refractivity contribution >= 4 is 37.2 Å². The fourth-order valence-electron chi connectivity index (χ4n) is 0.770. The molecule has 0 aliphatic carbocycles. The van der Waals surface area contributed by atoms with Gasteiger partial charge in [-0.05, 0) is 0 Å². The first-order valence-electron chi connectivity index (χ1n) is 11.1. The molecule has 0 saturated heterocycles. The van der Waals surface area contributed by atoms with E-state index in [1.54, 1.807) is 0 Å². The van der Waals surface area contributed by atoms with Gasteiger partial charge in [0.15, 0.2) is 0 Å². The Bertz CT molecular complexity index is 186. The third kappa shape index (κ3) is 113. The van der Waals surface area contributed by atoms with Crippen LogP contribution in [0.2, 0.25) is 0 Å². The first-order chi connectivity index (χ1) is 14.0. The van der Waals surface area contributed by atoms with Gasteiger partial charge in [0.1, 0.15) is 0 Å². The quantitative estimate of drug-likeness (QED) is 0.257. The smallest absolute Gasteiger partial charge is 0 e. The van der Waals surface area contributed by atoms with E-state index in [1.807, 2.05) is 170 Å². The van der Waals surface area contributed by atoms with E-state index in [2.05, 4.69) is 37.2 Å². The zero-order valence-electron chi connectivity index (χ0n) is 21.7. The monoisotopic (exact) mass is 620 g/mol. The average Bonchev–Trinajstić information content (AvgIpc) is 2.91. The molecule has 2 rings (SSSR count). The molecule has 0 aromatic heterocycles. The van der Waals surface area contributed by atoms with Crippen molar-refractivity contribution in [3.8, 4) is 0 Å². The van der Waals surface area contributed by atoms with Crippen molar-refractivity contribution in [1.82, 2.24) is 0 Å². The number of hydrogen-bond acceptors (Lipinski definition) is 0. The second-order valence-electron chi connectivity index (χ2n) is 2.31. The summed E-state index contributed by atoms with van der Waals surface area (Å²) in [5.41, 5.74) is 0. The lowest BCUT2D eigenvalue weighted by Gasteiger charge is -1.69. The second-order valence-corrected chi connectivity index (χ2v) is 2.31. The molecule has 172 valence electrons. The molecule has 0 saturated carbocycles. The molecule has 28 heavy (non-hydrogen) atoms. The molecule has 0 amide bonds. The molecule has 0 aliphatic rings. The standard InChI is InChI=1S/2C6H6.7C2H6.I2/c2*1-2-4-6-5-3-1;8*1-2/h2*1-6H;7*1-2H3;. The molecule has 0 unspecified atom stereocenters. The normalized spacial score (nSPS) is 5.14. The molecule has 0 bridgehead atoms. The van der Waals surface area contributed by atoms with Gasteiger partial charge in [-0.2, -0.15) is 0 Å². The Morgan fingerprint density at radius 3 is 0.286 bits per heavy atom. The molecule has 0 heterocycles. The molecule has 0 N–H and O–H groups in total. The molecule has 2 aromatic carbocycles. The van der Waals surface area contributed by atoms with Gasteiger partial charge in [-0.15, -0.1) is 0 Å². The maximum Gasteiger partial charge on any atom is 0 e. The van der Waals surface area contributed by atoms with Crippen LogP contribution in [0.15, 0.2) is 72.8 Å². The summed E-state index contributed by atoms with van der Waals surface area (Å²) < 4.78 is 0. The summed E-state index contributed by atoms with van der Waals surface area (Å²) in [5.74, 6) is 0. The van der Waals surface area contributed by atoms with Crippen molar-refractivity contribution in [3.05, 3.63) is 72.8 Å². The van der Waals surface area contributed by atoms with E-state index in [1.165, 1.54) is 0 Å². The minimum atomic E-state index is 2.00. The third-order valence-corrected chi connectivity index (χ3v) is 1.33. The van der Waals surface area contributed by atoms with Crippen molar-refractivity contribution in [1.29, 1.82) is 0 Å². The molecule has 0 atom stereocenters. The van der Waals surface area contributed by atoms with Gasteiger partial charge in [-0.1, -0.05) is 170 Å². The van der Waals surface area contributed by atoms with Crippen LogP contribution in [0.1, 0.15) is 96.9 Å². The number of rotatable bonds is 0. The summed E-state index contributed by atoms with van der Waals surface area (Å²) in [6.07, 6.45) is 0. The van der Waals surface area contributed by atoms with Gasteiger partial charge in [0.05, 0.1) is 0 Å². The summed E-state index contributed by atoms with van der Waals surface area (Å²) in [4.78, 5) is 0. The maximum absolute atomic E-state index is 2.12. The number of halogens is 2. The van der Waals surface area contributed by atoms with E-state index in [0.717, 1.165) is 0 Å². The van der Waals surface area contributed by atoms with Crippen LogP contribution in [-0.2, 0) is 0 Å². The lowest BCUT2D eigenvalue weighted by atomic mass is 10.4. The molecule has 0 aliphatic heterocycles. The topological polar surface area (TPSA) is 0 Å². The van der Waals surface area contributed by atoms with Gasteiger partial charge in [0.25, 0.3) is 0 Å². The lowest BCUT2D eigenvalue weighted by Crippen LogP contribution is -1.47. The van der Waals surface area contributed by atoms with Crippen molar-refractivity contribution in [2.75, 3.05) is 0 Å². The fourth-order valence-corrected chi connectivity index (χ4v) is 0.770. The van der Waals surface area contributed by atoms with Crippen LogP contribution >= 0.6 is 37.2 Å². The van der Waals surface area contributed by atoms with E-state index < -0.39 is 0 Å². The molecule has 0 spiro atoms. The van der Waals surface area contributed by atoms with Crippen LogP contribution in [0.3, 0.4) is 0 Å². The van der Waals surface area contributed by atoms with Crippen LogP contribution in [0.4, 0.5) is 0 Å². The first kappa shape index (κ1) is 51.0. The Balaban J connectivity index is -0.0000000284. The highest BCUT2D eigenvalue weighted by atomic mass is 128. The molecule has 0 nitrogen and oxygen atoms in total. The van der Waals surface area contributed by atoms with Crippen LogP contribution in [-0.4, -0.2) is 0 Å². The SMILES string of the molecule is CC.CC.CC.CC.CC.CC.CC.II.c1ccccc1.c1ccccc1. The molecular weight excluding hydrogens is 566 g/mol. The summed E-state index contributed by atoms with van der Waals surface area (Å²) >= 11 is 4.24. The fraction of sp³-hybridized carbons (Fsp3) is 0.538. The van der Waals surface area contributed by atoms with Crippen molar-refractivity contribution < 1.29 is 0 Å². The zero-order chi connectivity index (χ0) is 24.5. The van der Waals surface area contributed by atoms with Crippen molar-refractivity contribution in [2.24, 2.45) is 0 Å². The predicted molar refractivity (Wildman–Crippen MR) is 160 cm³/mol. The summed E-state index contributed by atoms with van der Waals surface area (Å²) in [7, 11) is 0. The predicted octanol–water partition coefficient (Wildman–Crippen LogP) is 12.3. The Labute approximate surface area is 205 Å². The van der Waals surface area contributed by atoms with Gasteiger partial charge in [-0.3, -0.25) is 0 Å². The van der Waals surface area contributed by atoms with Gasteiger partial charge >= 0.3 is 0 Å². The van der Waals surface area contributed by atoms with E-state index in [-0.39, 0.29) is 0 Å². The zero-order valence-corrected chi connectivity index (χ0v) is 26.0. The third-order valence-electron chi connectivity index (χ3n) is 1.33. The summed E-state index contributed by atoms with van der Waals surface area (Å²) in [6, 6.07) is 24.0. The second kappa shape index (κ2) is 127. The minimum absolute atomic E-state index is 2.00. The Kier molecular flexibility index (Phi) is 232. The average molecular weight is 621 g/mol. The summed E-state index contributed by atoms with van der Waals surface area (Å²) in [5, 5.41) is 0. The Morgan fingerprint density at radius 1 is 0.214 bits per heavy atom. The van der Waals surface area contributed by atoms with Crippen LogP contribution in [0, 0.1) is 0 Å². The highest BCUT2D eigenvalue weighted by Gasteiger charge is 1.58. The van der Waals surface area contributed by atoms with Crippen molar-refractivity contribution in [2.45, 2.75) is 96.9 Å². The van der Waals surface area contributed by atoms with E-state index in [0.29, 0.717) is 0 Å². The van der Waals surface area contributed by atoms with E-state index in [4.69, 9.17) is 0 Å². The van der Waals surface area contributed by atoms with E-state index >= 15 is 0 Å². The minimum Gasteiger partial charge on any atom is -0.0683 e. The van der Waals surface area contributed by atoms with Gasteiger partial charge < -0.3 is 0 Å². The molecular formula is C26H54I2. The van der Waals surface area contributed by atoms with E-state index in [9.17, 15) is 0 Å². The number of hydrogen-bond donors (Lipinski definition) is 0. The highest BCUT2D eigenvalue weighted by Crippen LogP contribution is 1.89. The van der Waals surface area contributed by atoms with Gasteiger partial charge in [-0.25, -0.2) is 0 Å². The largest absolute Gasteiger partial charge is 0.0683 e. The first-order valence-corrected chi connectivity index (χ1v) is 17.4. The molecule has 0 fully saturated rings. The Morgan fingerprint density at radius 2 is 0.250 bits per heavy atom. The van der Waals surface area contributed by atoms with Crippen LogP contribution in [0.5, 0.6) is 0 Å². The number of benzene rings is 2. The molecule has 2 heteroatoms. The highest BCUT2D eigenvalue weighted by molar-refractivity contribution is 15.0. The maximum atomic E-state index is 2.12. The summed E-state index contributed by atoms with van der Waals surface area (Å²) in [6.45, 7) is 28.0. The van der Waals surface area contributed by atoms with Gasteiger partial charge in [0.2, 0.25) is 0 Å². The van der Waals surface area contributed by atoms with Gasteiger partial charge in [0, 0.05) is 37.2 Å². The van der Waals surface area contributed by atoms with Crippen molar-refractivity contribution in [3.63, 3.8) is 0 Å². The van der Waals surface area contributed by atoms with Crippen LogP contribution in [0.25, 0.3) is 0 Å². The lowest BCUT2D eigenvalue weighted by molar-refractivity contribution is 1.50. The van der Waals surface area contributed by atoms with Crippen LogP contribution < -0.4 is 0 Å². The molecule has 2 aromatic rings. The Hall–Kier alpha value is -0.1000. The molecule has 0 radical (unpaired) electrons.